The number of hydrogen-bond acceptors (Lipinski definition) is 3. The van der Waals surface area contributed by atoms with E-state index < -0.39 is 0 Å². The molecule has 2 rings (SSSR count). The zero-order valence-corrected chi connectivity index (χ0v) is 8.77. The lowest BCUT2D eigenvalue weighted by molar-refractivity contribution is -0.479. The summed E-state index contributed by atoms with van der Waals surface area (Å²) in [5, 5.41) is 10.3. The summed E-state index contributed by atoms with van der Waals surface area (Å²) >= 11 is 0. The fourth-order valence-corrected chi connectivity index (χ4v) is 2.00. The summed E-state index contributed by atoms with van der Waals surface area (Å²) < 4.78 is 0. The van der Waals surface area contributed by atoms with Crippen molar-refractivity contribution in [2.75, 3.05) is 25.0 Å². The van der Waals surface area contributed by atoms with Crippen molar-refractivity contribution >= 4 is 5.69 Å². The van der Waals surface area contributed by atoms with E-state index in [-0.39, 0.29) is 11.5 Å². The van der Waals surface area contributed by atoms with Crippen molar-refractivity contribution < 1.29 is 4.92 Å². The Hall–Kier alpha value is -1.58. The van der Waals surface area contributed by atoms with E-state index in [1.54, 1.807) is 0 Å². The number of rotatable bonds is 3. The van der Waals surface area contributed by atoms with E-state index in [9.17, 15) is 10.1 Å². The molecule has 0 saturated heterocycles. The summed E-state index contributed by atoms with van der Waals surface area (Å²) in [5.41, 5.74) is 3.65. The second-order valence-electron chi connectivity index (χ2n) is 3.94. The molecule has 0 unspecified atom stereocenters. The highest BCUT2D eigenvalue weighted by Crippen LogP contribution is 2.27. The van der Waals surface area contributed by atoms with Gasteiger partial charge in [-0.25, -0.2) is 0 Å². The molecule has 4 nitrogen and oxygen atoms in total. The lowest BCUT2D eigenvalue weighted by atomic mass is 10.1. The Morgan fingerprint density at radius 2 is 2.33 bits per heavy atom. The number of fused-ring (bicyclic) bond motifs is 1. The SMILES string of the molecule is CN1CCc2cc(CC[N+](=O)[O-])ccc21. The largest absolute Gasteiger partial charge is 0.374 e. The molecule has 0 atom stereocenters. The van der Waals surface area contributed by atoms with Crippen LogP contribution in [0.2, 0.25) is 0 Å². The maximum atomic E-state index is 10.3. The van der Waals surface area contributed by atoms with Crippen molar-refractivity contribution in [2.45, 2.75) is 12.8 Å². The lowest BCUT2D eigenvalue weighted by Crippen LogP contribution is -2.12. The maximum Gasteiger partial charge on any atom is 0.207 e. The third-order valence-electron chi connectivity index (χ3n) is 2.85. The lowest BCUT2D eigenvalue weighted by Gasteiger charge is -2.11. The molecule has 1 aromatic carbocycles. The number of nitrogens with zero attached hydrogens (tertiary/aromatic N) is 2. The van der Waals surface area contributed by atoms with Crippen LogP contribution in [0.15, 0.2) is 18.2 Å². The molecule has 0 aromatic heterocycles. The Morgan fingerprint density at radius 1 is 1.53 bits per heavy atom. The molecule has 1 aromatic rings. The highest BCUT2D eigenvalue weighted by molar-refractivity contribution is 5.58. The van der Waals surface area contributed by atoms with Gasteiger partial charge in [0.25, 0.3) is 0 Å². The summed E-state index contributed by atoms with van der Waals surface area (Å²) in [4.78, 5) is 12.2. The van der Waals surface area contributed by atoms with E-state index in [2.05, 4.69) is 24.1 Å². The van der Waals surface area contributed by atoms with Crippen molar-refractivity contribution in [1.29, 1.82) is 0 Å². The van der Waals surface area contributed by atoms with Crippen LogP contribution < -0.4 is 4.90 Å². The molecule has 4 heteroatoms. The van der Waals surface area contributed by atoms with Gasteiger partial charge in [-0.3, -0.25) is 10.1 Å². The molecule has 0 bridgehead atoms. The van der Waals surface area contributed by atoms with Gasteiger partial charge in [-0.2, -0.15) is 0 Å². The molecule has 1 aliphatic rings. The Bertz CT molecular complexity index is 390. The van der Waals surface area contributed by atoms with Crippen LogP contribution >= 0.6 is 0 Å². The third kappa shape index (κ3) is 2.09. The highest BCUT2D eigenvalue weighted by atomic mass is 16.6. The van der Waals surface area contributed by atoms with Gasteiger partial charge in [-0.05, 0) is 23.6 Å². The van der Waals surface area contributed by atoms with E-state index in [4.69, 9.17) is 0 Å². The van der Waals surface area contributed by atoms with Crippen LogP contribution in [0.1, 0.15) is 11.1 Å². The first-order valence-corrected chi connectivity index (χ1v) is 5.11. The first-order chi connectivity index (χ1) is 7.16. The molecular formula is C11H14N2O2. The monoisotopic (exact) mass is 206 g/mol. The molecule has 1 heterocycles. The van der Waals surface area contributed by atoms with Crippen molar-refractivity contribution in [2.24, 2.45) is 0 Å². The molecule has 15 heavy (non-hydrogen) atoms. The maximum absolute atomic E-state index is 10.3. The van der Waals surface area contributed by atoms with Gasteiger partial charge < -0.3 is 4.90 Å². The fraction of sp³-hybridized carbons (Fsp3) is 0.455. The normalized spacial score (nSPS) is 14.1. The fourth-order valence-electron chi connectivity index (χ4n) is 2.00. The molecule has 0 spiro atoms. The summed E-state index contributed by atoms with van der Waals surface area (Å²) in [6, 6.07) is 6.16. The molecule has 0 fully saturated rings. The highest BCUT2D eigenvalue weighted by Gasteiger charge is 2.15. The second-order valence-corrected chi connectivity index (χ2v) is 3.94. The predicted molar refractivity (Wildman–Crippen MR) is 59.0 cm³/mol. The Kier molecular flexibility index (Phi) is 2.58. The van der Waals surface area contributed by atoms with E-state index in [0.29, 0.717) is 6.42 Å². The van der Waals surface area contributed by atoms with E-state index >= 15 is 0 Å². The van der Waals surface area contributed by atoms with Crippen molar-refractivity contribution in [1.82, 2.24) is 0 Å². The molecule has 1 aliphatic heterocycles. The van der Waals surface area contributed by atoms with E-state index in [1.807, 2.05) is 6.07 Å². The average Bonchev–Trinajstić information content (AvgIpc) is 2.57. The minimum atomic E-state index is -0.265. The van der Waals surface area contributed by atoms with Crippen molar-refractivity contribution in [3.05, 3.63) is 39.4 Å². The van der Waals surface area contributed by atoms with Crippen LogP contribution in [0.25, 0.3) is 0 Å². The van der Waals surface area contributed by atoms with Crippen LogP contribution in [-0.4, -0.2) is 25.1 Å². The number of benzene rings is 1. The average molecular weight is 206 g/mol. The first kappa shape index (κ1) is 9.96. The van der Waals surface area contributed by atoms with Crippen LogP contribution in [0, 0.1) is 10.1 Å². The zero-order valence-electron chi connectivity index (χ0n) is 8.77. The van der Waals surface area contributed by atoms with Gasteiger partial charge in [-0.1, -0.05) is 12.1 Å². The first-order valence-electron chi connectivity index (χ1n) is 5.11. The standard InChI is InChI=1S/C11H14N2O2/c1-12-6-5-10-8-9(2-3-11(10)12)4-7-13(14)15/h2-3,8H,4-7H2,1H3. The predicted octanol–water partition coefficient (Wildman–Crippen LogP) is 1.50. The van der Waals surface area contributed by atoms with Gasteiger partial charge in [0.15, 0.2) is 0 Å². The minimum Gasteiger partial charge on any atom is -0.374 e. The molecule has 0 saturated carbocycles. The summed E-state index contributed by atoms with van der Waals surface area (Å²) in [7, 11) is 2.07. The van der Waals surface area contributed by atoms with Gasteiger partial charge in [0, 0.05) is 30.6 Å². The molecular weight excluding hydrogens is 192 g/mol. The van der Waals surface area contributed by atoms with Gasteiger partial charge in [0.2, 0.25) is 6.54 Å². The van der Waals surface area contributed by atoms with Crippen LogP contribution in [0.5, 0.6) is 0 Å². The van der Waals surface area contributed by atoms with Crippen LogP contribution in [0.4, 0.5) is 5.69 Å². The second kappa shape index (κ2) is 3.88. The van der Waals surface area contributed by atoms with Crippen LogP contribution in [-0.2, 0) is 12.8 Å². The van der Waals surface area contributed by atoms with Crippen LogP contribution in [0.3, 0.4) is 0 Å². The number of hydrogen-bond donors (Lipinski definition) is 0. The van der Waals surface area contributed by atoms with Gasteiger partial charge in [-0.15, -0.1) is 0 Å². The summed E-state index contributed by atoms with van der Waals surface area (Å²) in [6.07, 6.45) is 1.59. The number of anilines is 1. The molecule has 80 valence electrons. The van der Waals surface area contributed by atoms with E-state index in [0.717, 1.165) is 18.5 Å². The topological polar surface area (TPSA) is 46.4 Å². The quantitative estimate of drug-likeness (QED) is 0.556. The molecule has 0 radical (unpaired) electrons. The summed E-state index contributed by atoms with van der Waals surface area (Å²) in [5.74, 6) is 0. The van der Waals surface area contributed by atoms with Crippen molar-refractivity contribution in [3.63, 3.8) is 0 Å². The summed E-state index contributed by atoms with van der Waals surface area (Å²) in [6.45, 7) is 1.07. The Balaban J connectivity index is 2.12. The number of nitro groups is 1. The van der Waals surface area contributed by atoms with Gasteiger partial charge in [0.1, 0.15) is 0 Å². The minimum absolute atomic E-state index is 0.0224. The van der Waals surface area contributed by atoms with Gasteiger partial charge in [0.05, 0.1) is 0 Å². The third-order valence-corrected chi connectivity index (χ3v) is 2.85. The zero-order chi connectivity index (χ0) is 10.8. The number of likely N-dealkylation sites (N-methyl/N-ethyl adjacent to an activating group) is 1. The molecule has 0 N–H and O–H groups in total. The van der Waals surface area contributed by atoms with Gasteiger partial charge >= 0.3 is 0 Å². The molecule has 0 aliphatic carbocycles. The van der Waals surface area contributed by atoms with E-state index in [1.165, 1.54) is 11.3 Å². The smallest absolute Gasteiger partial charge is 0.207 e. The Labute approximate surface area is 88.7 Å². The van der Waals surface area contributed by atoms with Crippen molar-refractivity contribution in [3.8, 4) is 0 Å². The Morgan fingerprint density at radius 3 is 3.07 bits per heavy atom. The molecule has 0 amide bonds.